The van der Waals surface area contributed by atoms with Crippen molar-refractivity contribution < 1.29 is 18.9 Å². The van der Waals surface area contributed by atoms with Crippen LogP contribution in [0.25, 0.3) is 0 Å². The van der Waals surface area contributed by atoms with E-state index in [2.05, 4.69) is 80.5 Å². The Balaban J connectivity index is 0. The average molecular weight is 496 g/mol. The normalized spacial score (nSPS) is 15.5. The van der Waals surface area contributed by atoms with Crippen molar-refractivity contribution in [1.29, 1.82) is 0 Å². The fraction of sp³-hybridized carbons (Fsp3) is 0.636. The molecule has 0 spiro atoms. The van der Waals surface area contributed by atoms with E-state index in [1.54, 1.807) is 0 Å². The van der Waals surface area contributed by atoms with Gasteiger partial charge >= 0.3 is 79.7 Å². The Hall–Kier alpha value is -0.391. The number of unbranched alkanes of at least 4 members (excludes halogenated alkanes) is 4. The fourth-order valence-electron chi connectivity index (χ4n) is 2.23. The first-order chi connectivity index (χ1) is 10.7. The molecular weight excluding hydrogens is 456 g/mol. The second kappa shape index (κ2) is 14.0. The van der Waals surface area contributed by atoms with Gasteiger partial charge in [0.15, 0.2) is 0 Å². The molecule has 0 saturated heterocycles. The predicted molar refractivity (Wildman–Crippen MR) is 104 cm³/mol. The first-order valence-electron chi connectivity index (χ1n) is 8.96. The van der Waals surface area contributed by atoms with E-state index in [1.165, 1.54) is 59.3 Å². The molecule has 0 amide bonds. The Morgan fingerprint density at radius 1 is 0.870 bits per heavy atom. The Morgan fingerprint density at radius 3 is 1.35 bits per heavy atom. The molecule has 0 atom stereocenters. The van der Waals surface area contributed by atoms with Crippen molar-refractivity contribution in [3.63, 3.8) is 0 Å². The second-order valence-corrected chi connectivity index (χ2v) is 7.85. The van der Waals surface area contributed by atoms with Crippen LogP contribution >= 0.6 is 0 Å². The van der Waals surface area contributed by atoms with Crippen molar-refractivity contribution in [3.8, 4) is 0 Å². The Labute approximate surface area is 157 Å². The SMILES string of the molecule is C=CCCCC.C=CCCCC.CC1=C(C)C(C)(C)[C]([Ir])=C1C. The molecule has 0 fully saturated rings. The summed E-state index contributed by atoms with van der Waals surface area (Å²) < 4.78 is 1.53. The van der Waals surface area contributed by atoms with Gasteiger partial charge in [0.1, 0.15) is 0 Å². The first kappa shape index (κ1) is 24.9. The topological polar surface area (TPSA) is 0 Å². The minimum atomic E-state index is 0.314. The second-order valence-electron chi connectivity index (χ2n) is 6.65. The predicted octanol–water partition coefficient (Wildman–Crippen LogP) is 7.91. The van der Waals surface area contributed by atoms with Gasteiger partial charge in [-0.05, 0) is 12.8 Å². The van der Waals surface area contributed by atoms with Crippen LogP contribution in [0.5, 0.6) is 0 Å². The Bertz CT molecular complexity index is 370. The molecule has 0 saturated carbocycles. The molecule has 0 unspecified atom stereocenters. The first-order valence-corrected chi connectivity index (χ1v) is 10.2. The number of hydrogen-bond donors (Lipinski definition) is 0. The van der Waals surface area contributed by atoms with Crippen molar-refractivity contribution in [2.75, 3.05) is 0 Å². The summed E-state index contributed by atoms with van der Waals surface area (Å²) in [6.45, 7) is 22.9. The molecule has 0 aromatic rings. The van der Waals surface area contributed by atoms with Gasteiger partial charge in [-0.25, -0.2) is 0 Å². The van der Waals surface area contributed by atoms with Crippen LogP contribution in [0.4, 0.5) is 0 Å². The molecule has 0 aromatic carbocycles. The molecule has 0 radical (unpaired) electrons. The van der Waals surface area contributed by atoms with Crippen LogP contribution < -0.4 is 0 Å². The number of allylic oxidation sites excluding steroid dienone is 6. The van der Waals surface area contributed by atoms with Gasteiger partial charge in [0, 0.05) is 0 Å². The molecule has 1 rings (SSSR count). The third-order valence-electron chi connectivity index (χ3n) is 4.42. The molecular formula is C22H39Ir. The monoisotopic (exact) mass is 496 g/mol. The molecule has 1 aliphatic carbocycles. The van der Waals surface area contributed by atoms with Gasteiger partial charge in [-0.1, -0.05) is 51.7 Å². The zero-order valence-electron chi connectivity index (χ0n) is 16.6. The van der Waals surface area contributed by atoms with Gasteiger partial charge in [0.25, 0.3) is 0 Å². The Morgan fingerprint density at radius 2 is 1.26 bits per heavy atom. The minimum absolute atomic E-state index is 0.314. The molecule has 0 heterocycles. The van der Waals surface area contributed by atoms with Crippen molar-refractivity contribution in [2.45, 2.75) is 87.0 Å². The summed E-state index contributed by atoms with van der Waals surface area (Å²) in [7, 11) is 0. The van der Waals surface area contributed by atoms with Gasteiger partial charge in [-0.15, -0.1) is 13.2 Å². The van der Waals surface area contributed by atoms with Crippen molar-refractivity contribution in [3.05, 3.63) is 46.1 Å². The third-order valence-corrected chi connectivity index (χ3v) is 6.81. The van der Waals surface area contributed by atoms with Crippen LogP contribution in [0, 0.1) is 5.41 Å². The van der Waals surface area contributed by atoms with Crippen LogP contribution in [-0.2, 0) is 18.9 Å². The fourth-order valence-corrected chi connectivity index (χ4v) is 3.13. The van der Waals surface area contributed by atoms with Gasteiger partial charge in [-0.2, -0.15) is 0 Å². The van der Waals surface area contributed by atoms with E-state index in [1.807, 2.05) is 12.2 Å². The van der Waals surface area contributed by atoms with E-state index in [9.17, 15) is 0 Å². The molecule has 136 valence electrons. The standard InChI is InChI=1S/C10H15.2C6H12.Ir/c1-7-6-10(4,5)9(3)8(7)2;2*1-3-5-6-4-2;/h1-5H3;2*3H,1,4-6H2,2H3;. The molecule has 1 heteroatoms. The summed E-state index contributed by atoms with van der Waals surface area (Å²) in [5, 5.41) is 0. The van der Waals surface area contributed by atoms with E-state index in [0.717, 1.165) is 0 Å². The summed E-state index contributed by atoms with van der Waals surface area (Å²) in [6, 6.07) is 0. The zero-order chi connectivity index (χ0) is 18.5. The van der Waals surface area contributed by atoms with E-state index in [-0.39, 0.29) is 0 Å². The van der Waals surface area contributed by atoms with Gasteiger partial charge in [0.05, 0.1) is 0 Å². The van der Waals surface area contributed by atoms with Crippen molar-refractivity contribution in [1.82, 2.24) is 0 Å². The van der Waals surface area contributed by atoms with Crippen molar-refractivity contribution >= 4 is 0 Å². The van der Waals surface area contributed by atoms with Gasteiger partial charge < -0.3 is 0 Å². The van der Waals surface area contributed by atoms with Crippen molar-refractivity contribution in [2.24, 2.45) is 5.41 Å². The summed E-state index contributed by atoms with van der Waals surface area (Å²) >= 11 is 2.25. The molecule has 0 bridgehead atoms. The Kier molecular flexibility index (Phi) is 15.1. The maximum absolute atomic E-state index is 3.60. The summed E-state index contributed by atoms with van der Waals surface area (Å²) in [4.78, 5) is 0. The molecule has 0 aliphatic heterocycles. The van der Waals surface area contributed by atoms with Crippen LogP contribution in [0.3, 0.4) is 0 Å². The molecule has 1 aliphatic rings. The summed E-state index contributed by atoms with van der Waals surface area (Å²) in [6.07, 6.45) is 11.4. The van der Waals surface area contributed by atoms with Crippen LogP contribution in [0.1, 0.15) is 87.0 Å². The zero-order valence-corrected chi connectivity index (χ0v) is 19.0. The van der Waals surface area contributed by atoms with E-state index < -0.39 is 0 Å². The molecule has 0 nitrogen and oxygen atoms in total. The van der Waals surface area contributed by atoms with E-state index >= 15 is 0 Å². The third kappa shape index (κ3) is 9.48. The number of hydrogen-bond acceptors (Lipinski definition) is 0. The molecule has 0 aromatic heterocycles. The average Bonchev–Trinajstić information content (AvgIpc) is 2.67. The summed E-state index contributed by atoms with van der Waals surface area (Å²) in [5.74, 6) is 0. The quantitative estimate of drug-likeness (QED) is 0.259. The van der Waals surface area contributed by atoms with Crippen LogP contribution in [-0.4, -0.2) is 0 Å². The maximum atomic E-state index is 3.60. The number of rotatable bonds is 6. The molecule has 23 heavy (non-hydrogen) atoms. The van der Waals surface area contributed by atoms with Gasteiger partial charge in [-0.3, -0.25) is 0 Å². The summed E-state index contributed by atoms with van der Waals surface area (Å²) in [5.41, 5.74) is 4.83. The van der Waals surface area contributed by atoms with E-state index in [4.69, 9.17) is 0 Å². The van der Waals surface area contributed by atoms with Gasteiger partial charge in [0.2, 0.25) is 0 Å². The molecule has 0 N–H and O–H groups in total. The van der Waals surface area contributed by atoms with Crippen LogP contribution in [0.2, 0.25) is 0 Å². The van der Waals surface area contributed by atoms with E-state index in [0.29, 0.717) is 5.41 Å². The van der Waals surface area contributed by atoms with Crippen LogP contribution in [0.15, 0.2) is 46.1 Å².